The van der Waals surface area contributed by atoms with E-state index < -0.39 is 0 Å². The Morgan fingerprint density at radius 2 is 2.24 bits per heavy atom. The molecule has 1 aromatic rings. The molecule has 0 bridgehead atoms. The summed E-state index contributed by atoms with van der Waals surface area (Å²) in [5.41, 5.74) is 7.70. The molecule has 0 aliphatic rings. The van der Waals surface area contributed by atoms with Crippen LogP contribution in [0.5, 0.6) is 5.75 Å². The minimum absolute atomic E-state index is 0.00465. The van der Waals surface area contributed by atoms with Crippen LogP contribution in [0.4, 0.5) is 0 Å². The first kappa shape index (κ1) is 13.9. The average Bonchev–Trinajstić information content (AvgIpc) is 2.34. The minimum atomic E-state index is 0.00465. The zero-order chi connectivity index (χ0) is 12.8. The summed E-state index contributed by atoms with van der Waals surface area (Å²) >= 11 is 0. The maximum absolute atomic E-state index is 11.4. The molecular weight excluding hydrogens is 234 g/mol. The lowest BCUT2D eigenvalue weighted by molar-refractivity contribution is -0.116. The minimum Gasteiger partial charge on any atom is -0.468 e. The van der Waals surface area contributed by atoms with Crippen LogP contribution in [0, 0.1) is 0 Å². The Morgan fingerprint density at radius 1 is 1.53 bits per heavy atom. The summed E-state index contributed by atoms with van der Waals surface area (Å²) in [7, 11) is 2.37. The molecule has 0 aliphatic heterocycles. The van der Waals surface area contributed by atoms with Gasteiger partial charge >= 0.3 is 0 Å². The van der Waals surface area contributed by atoms with Gasteiger partial charge < -0.3 is 15.2 Å². The van der Waals surface area contributed by atoms with E-state index >= 15 is 0 Å². The highest BCUT2D eigenvalue weighted by molar-refractivity contribution is 6.24. The van der Waals surface area contributed by atoms with E-state index in [4.69, 9.17) is 15.2 Å². The SMILES string of the molecule is COCOc1ccc(C([SiH3])C(C)=O)c(CN)c1. The number of ether oxygens (including phenoxy) is 2. The second kappa shape index (κ2) is 6.54. The van der Waals surface area contributed by atoms with E-state index in [1.54, 1.807) is 14.0 Å². The molecule has 0 heterocycles. The van der Waals surface area contributed by atoms with Crippen LogP contribution in [-0.4, -0.2) is 29.9 Å². The molecule has 94 valence electrons. The van der Waals surface area contributed by atoms with Crippen LogP contribution in [0.1, 0.15) is 23.6 Å². The molecule has 0 aromatic heterocycles. The van der Waals surface area contributed by atoms with E-state index in [1.807, 2.05) is 18.2 Å². The van der Waals surface area contributed by atoms with Crippen molar-refractivity contribution in [1.82, 2.24) is 0 Å². The van der Waals surface area contributed by atoms with E-state index in [9.17, 15) is 4.79 Å². The fourth-order valence-corrected chi connectivity index (χ4v) is 2.18. The number of hydrogen-bond acceptors (Lipinski definition) is 4. The number of rotatable bonds is 6. The second-order valence-corrected chi connectivity index (χ2v) is 5.10. The maximum Gasteiger partial charge on any atom is 0.188 e. The smallest absolute Gasteiger partial charge is 0.188 e. The number of hydrogen-bond donors (Lipinski definition) is 1. The Balaban J connectivity index is 2.96. The summed E-state index contributed by atoms with van der Waals surface area (Å²) in [5.74, 6) is 0.908. The Bertz CT molecular complexity index is 395. The highest BCUT2D eigenvalue weighted by Crippen LogP contribution is 2.23. The van der Waals surface area contributed by atoms with Crippen LogP contribution in [0.25, 0.3) is 0 Å². The zero-order valence-electron chi connectivity index (χ0n) is 10.5. The standard InChI is InChI=1S/C12H19NO3Si/c1-8(14)12(17)11-4-3-10(16-7-15-2)5-9(11)6-13/h3-5,12H,6-7,13H2,1-2,17H3. The van der Waals surface area contributed by atoms with Crippen molar-refractivity contribution in [3.63, 3.8) is 0 Å². The lowest BCUT2D eigenvalue weighted by atomic mass is 10.0. The molecule has 4 nitrogen and oxygen atoms in total. The van der Waals surface area contributed by atoms with Gasteiger partial charge in [-0.15, -0.1) is 0 Å². The van der Waals surface area contributed by atoms with Crippen molar-refractivity contribution in [2.45, 2.75) is 19.0 Å². The number of ketones is 1. The number of methoxy groups -OCH3 is 1. The lowest BCUT2D eigenvalue weighted by Crippen LogP contribution is -2.13. The number of carbonyl (C=O) groups excluding carboxylic acids is 1. The Kier molecular flexibility index (Phi) is 5.34. The number of nitrogens with two attached hydrogens (primary N) is 1. The first-order chi connectivity index (χ1) is 8.10. The van der Waals surface area contributed by atoms with Gasteiger partial charge in [-0.2, -0.15) is 0 Å². The van der Waals surface area contributed by atoms with Gasteiger partial charge in [0.05, 0.1) is 0 Å². The average molecular weight is 253 g/mol. The van der Waals surface area contributed by atoms with Crippen LogP contribution in [0.3, 0.4) is 0 Å². The van der Waals surface area contributed by atoms with Gasteiger partial charge in [0.2, 0.25) is 0 Å². The van der Waals surface area contributed by atoms with Gasteiger partial charge in [-0.25, -0.2) is 0 Å². The van der Waals surface area contributed by atoms with Crippen molar-refractivity contribution in [1.29, 1.82) is 0 Å². The monoisotopic (exact) mass is 253 g/mol. The van der Waals surface area contributed by atoms with E-state index in [2.05, 4.69) is 0 Å². The molecule has 5 heteroatoms. The van der Waals surface area contributed by atoms with Crippen molar-refractivity contribution in [3.8, 4) is 5.75 Å². The van der Waals surface area contributed by atoms with Gasteiger partial charge in [0, 0.05) is 29.4 Å². The molecule has 17 heavy (non-hydrogen) atoms. The first-order valence-corrected chi connectivity index (χ1v) is 6.70. The van der Waals surface area contributed by atoms with E-state index in [0.717, 1.165) is 21.4 Å². The molecule has 1 unspecified atom stereocenters. The molecule has 2 N–H and O–H groups in total. The third kappa shape index (κ3) is 3.66. The number of benzene rings is 1. The topological polar surface area (TPSA) is 61.5 Å². The van der Waals surface area contributed by atoms with Crippen LogP contribution in [-0.2, 0) is 16.1 Å². The van der Waals surface area contributed by atoms with Gasteiger partial charge in [0.1, 0.15) is 11.5 Å². The highest BCUT2D eigenvalue weighted by atomic mass is 28.1. The quantitative estimate of drug-likeness (QED) is 0.578. The van der Waals surface area contributed by atoms with E-state index in [-0.39, 0.29) is 18.1 Å². The van der Waals surface area contributed by atoms with Crippen molar-refractivity contribution in [2.24, 2.45) is 5.73 Å². The normalized spacial score (nSPS) is 12.4. The van der Waals surface area contributed by atoms with E-state index in [1.165, 1.54) is 0 Å². The van der Waals surface area contributed by atoms with Crippen LogP contribution in [0.15, 0.2) is 18.2 Å². The highest BCUT2D eigenvalue weighted by Gasteiger charge is 2.14. The molecule has 0 aliphatic carbocycles. The molecule has 0 fully saturated rings. The van der Waals surface area contributed by atoms with Crippen molar-refractivity contribution >= 4 is 16.0 Å². The third-order valence-electron chi connectivity index (χ3n) is 2.75. The molecule has 0 saturated carbocycles. The third-order valence-corrected chi connectivity index (χ3v) is 4.19. The lowest BCUT2D eigenvalue weighted by Gasteiger charge is -2.15. The van der Waals surface area contributed by atoms with Crippen LogP contribution < -0.4 is 10.5 Å². The van der Waals surface area contributed by atoms with Crippen molar-refractivity contribution in [3.05, 3.63) is 29.3 Å². The molecule has 0 radical (unpaired) electrons. The summed E-state index contributed by atoms with van der Waals surface area (Å²) in [6, 6.07) is 5.65. The summed E-state index contributed by atoms with van der Waals surface area (Å²) in [5, 5.41) is 0. The molecule has 1 aromatic carbocycles. The first-order valence-electron chi connectivity index (χ1n) is 5.55. The largest absolute Gasteiger partial charge is 0.468 e. The van der Waals surface area contributed by atoms with Gasteiger partial charge in [-0.1, -0.05) is 6.07 Å². The summed E-state index contributed by atoms with van der Waals surface area (Å²) in [4.78, 5) is 11.4. The fourth-order valence-electron chi connectivity index (χ4n) is 1.62. The zero-order valence-corrected chi connectivity index (χ0v) is 12.5. The van der Waals surface area contributed by atoms with Crippen LogP contribution >= 0.6 is 0 Å². The maximum atomic E-state index is 11.4. The van der Waals surface area contributed by atoms with E-state index in [0.29, 0.717) is 12.3 Å². The number of carbonyl (C=O) groups is 1. The summed E-state index contributed by atoms with van der Waals surface area (Å²) in [6.07, 6.45) is 0. The van der Waals surface area contributed by atoms with Gasteiger partial charge in [-0.3, -0.25) is 4.79 Å². The predicted molar refractivity (Wildman–Crippen MR) is 70.2 cm³/mol. The predicted octanol–water partition coefficient (Wildman–Crippen LogP) is 0.123. The Hall–Kier alpha value is -1.17. The Morgan fingerprint density at radius 3 is 2.76 bits per heavy atom. The summed E-state index contributed by atoms with van der Waals surface area (Å²) < 4.78 is 10.2. The molecular formula is C12H19NO3Si. The summed E-state index contributed by atoms with van der Waals surface area (Å²) in [6.45, 7) is 2.24. The number of Topliss-reactive ketones (excluding diaryl/α,β-unsaturated/α-hetero) is 1. The molecule has 1 atom stereocenters. The molecule has 0 amide bonds. The molecule has 0 saturated heterocycles. The second-order valence-electron chi connectivity index (χ2n) is 3.95. The van der Waals surface area contributed by atoms with Gasteiger partial charge in [0.15, 0.2) is 6.79 Å². The van der Waals surface area contributed by atoms with Crippen molar-refractivity contribution in [2.75, 3.05) is 13.9 Å². The van der Waals surface area contributed by atoms with Crippen LogP contribution in [0.2, 0.25) is 0 Å². The van der Waals surface area contributed by atoms with Crippen molar-refractivity contribution < 1.29 is 14.3 Å². The fraction of sp³-hybridized carbons (Fsp3) is 0.417. The Labute approximate surface area is 105 Å². The van der Waals surface area contributed by atoms with Gasteiger partial charge in [0.25, 0.3) is 0 Å². The molecule has 0 spiro atoms. The molecule has 1 rings (SSSR count). The van der Waals surface area contributed by atoms with Gasteiger partial charge in [-0.05, 0) is 30.2 Å².